The van der Waals surface area contributed by atoms with Gasteiger partial charge in [-0.05, 0) is 45.8 Å². The zero-order chi connectivity index (χ0) is 15.9. The van der Waals surface area contributed by atoms with Crippen LogP contribution in [0.3, 0.4) is 0 Å². The Morgan fingerprint density at radius 1 is 1.09 bits per heavy atom. The fourth-order valence-electron chi connectivity index (χ4n) is 1.71. The van der Waals surface area contributed by atoms with Gasteiger partial charge in [0, 0.05) is 4.47 Å². The molecule has 0 saturated heterocycles. The van der Waals surface area contributed by atoms with E-state index in [1.165, 1.54) is 24.3 Å². The molecule has 0 aliphatic carbocycles. The number of halogens is 2. The number of amides is 1. The van der Waals surface area contributed by atoms with Gasteiger partial charge in [0.1, 0.15) is 5.82 Å². The van der Waals surface area contributed by atoms with Crippen LogP contribution in [0.5, 0.6) is 0 Å². The summed E-state index contributed by atoms with van der Waals surface area (Å²) >= 11 is 3.30. The Morgan fingerprint density at radius 2 is 1.77 bits per heavy atom. The molecule has 0 aromatic heterocycles. The lowest BCUT2D eigenvalue weighted by molar-refractivity contribution is -0.146. The van der Waals surface area contributed by atoms with Crippen LogP contribution in [0.15, 0.2) is 53.0 Å². The number of hydrogen-bond donors (Lipinski definition) is 1. The van der Waals surface area contributed by atoms with E-state index in [0.29, 0.717) is 11.3 Å². The first-order valence-electron chi connectivity index (χ1n) is 6.49. The summed E-state index contributed by atoms with van der Waals surface area (Å²) in [6.07, 6.45) is -0.0113. The third-order valence-corrected chi connectivity index (χ3v) is 3.47. The van der Waals surface area contributed by atoms with Crippen molar-refractivity contribution in [2.75, 3.05) is 11.9 Å². The molecule has 114 valence electrons. The van der Waals surface area contributed by atoms with Crippen LogP contribution >= 0.6 is 15.9 Å². The summed E-state index contributed by atoms with van der Waals surface area (Å²) < 4.78 is 18.4. The highest BCUT2D eigenvalue weighted by molar-refractivity contribution is 9.10. The molecule has 1 N–H and O–H groups in total. The Morgan fingerprint density at radius 3 is 2.45 bits per heavy atom. The number of carbonyl (C=O) groups excluding carboxylic acids is 2. The topological polar surface area (TPSA) is 55.4 Å². The van der Waals surface area contributed by atoms with Crippen LogP contribution in [0.1, 0.15) is 5.56 Å². The molecule has 0 spiro atoms. The van der Waals surface area contributed by atoms with Gasteiger partial charge in [0.25, 0.3) is 5.91 Å². The van der Waals surface area contributed by atoms with E-state index in [1.807, 2.05) is 6.07 Å². The summed E-state index contributed by atoms with van der Waals surface area (Å²) in [7, 11) is 0. The Kier molecular flexibility index (Phi) is 5.66. The van der Waals surface area contributed by atoms with Gasteiger partial charge in [-0.1, -0.05) is 24.3 Å². The van der Waals surface area contributed by atoms with Crippen molar-refractivity contribution in [3.05, 3.63) is 64.4 Å². The highest BCUT2D eigenvalue weighted by Gasteiger charge is 2.10. The van der Waals surface area contributed by atoms with Crippen LogP contribution in [0.4, 0.5) is 10.1 Å². The van der Waals surface area contributed by atoms with Gasteiger partial charge in [0.2, 0.25) is 0 Å². The van der Waals surface area contributed by atoms with E-state index in [1.54, 1.807) is 18.2 Å². The molecule has 0 aliphatic rings. The minimum atomic E-state index is -0.547. The summed E-state index contributed by atoms with van der Waals surface area (Å²) in [6, 6.07) is 12.6. The molecule has 0 fully saturated rings. The molecule has 0 aliphatic heterocycles. The number of benzene rings is 2. The molecule has 0 saturated carbocycles. The van der Waals surface area contributed by atoms with Gasteiger partial charge >= 0.3 is 5.97 Å². The monoisotopic (exact) mass is 365 g/mol. The Labute approximate surface area is 135 Å². The van der Waals surface area contributed by atoms with Crippen LogP contribution in [-0.4, -0.2) is 18.5 Å². The van der Waals surface area contributed by atoms with E-state index in [0.717, 1.165) is 4.47 Å². The fraction of sp³-hybridized carbons (Fsp3) is 0.125. The van der Waals surface area contributed by atoms with Crippen LogP contribution in [0.2, 0.25) is 0 Å². The summed E-state index contributed by atoms with van der Waals surface area (Å²) in [5, 5.41) is 2.62. The van der Waals surface area contributed by atoms with E-state index >= 15 is 0 Å². The highest BCUT2D eigenvalue weighted by atomic mass is 79.9. The van der Waals surface area contributed by atoms with Gasteiger partial charge in [-0.3, -0.25) is 9.59 Å². The number of esters is 1. The van der Waals surface area contributed by atoms with Gasteiger partial charge in [-0.25, -0.2) is 4.39 Å². The van der Waals surface area contributed by atoms with Gasteiger partial charge in [0.15, 0.2) is 6.61 Å². The van der Waals surface area contributed by atoms with Gasteiger partial charge < -0.3 is 10.1 Å². The molecule has 0 atom stereocenters. The van der Waals surface area contributed by atoms with Gasteiger partial charge in [0.05, 0.1) is 12.1 Å². The zero-order valence-corrected chi connectivity index (χ0v) is 13.1. The maximum Gasteiger partial charge on any atom is 0.310 e. The van der Waals surface area contributed by atoms with Crippen molar-refractivity contribution in [3.63, 3.8) is 0 Å². The van der Waals surface area contributed by atoms with Crippen LogP contribution in [0.25, 0.3) is 0 Å². The Bertz CT molecular complexity index is 673. The minimum Gasteiger partial charge on any atom is -0.455 e. The molecular formula is C16H13BrFNO3. The standard InChI is InChI=1S/C16H13BrFNO3/c17-13-3-1-2-4-14(13)19-15(20)10-22-16(21)9-11-5-7-12(18)8-6-11/h1-8H,9-10H2,(H,19,20). The number of nitrogens with one attached hydrogen (secondary N) is 1. The lowest BCUT2D eigenvalue weighted by atomic mass is 10.1. The van der Waals surface area contributed by atoms with E-state index in [4.69, 9.17) is 4.74 Å². The summed E-state index contributed by atoms with van der Waals surface area (Å²) in [4.78, 5) is 23.3. The average Bonchev–Trinajstić information content (AvgIpc) is 2.50. The normalized spacial score (nSPS) is 10.1. The second kappa shape index (κ2) is 7.70. The molecule has 2 rings (SSSR count). The summed E-state index contributed by atoms with van der Waals surface area (Å²) in [5.41, 5.74) is 1.22. The molecular weight excluding hydrogens is 353 g/mol. The van der Waals surface area contributed by atoms with Crippen LogP contribution in [0, 0.1) is 5.82 Å². The van der Waals surface area contributed by atoms with Crippen molar-refractivity contribution >= 4 is 33.5 Å². The Balaban J connectivity index is 1.79. The van der Waals surface area contributed by atoms with E-state index in [2.05, 4.69) is 21.2 Å². The molecule has 0 heterocycles. The van der Waals surface area contributed by atoms with Gasteiger partial charge in [-0.15, -0.1) is 0 Å². The first-order chi connectivity index (χ1) is 10.5. The van der Waals surface area contributed by atoms with Crippen molar-refractivity contribution in [2.24, 2.45) is 0 Å². The van der Waals surface area contributed by atoms with E-state index in [-0.39, 0.29) is 18.8 Å². The first-order valence-corrected chi connectivity index (χ1v) is 7.28. The molecule has 1 amide bonds. The molecule has 0 bridgehead atoms. The lowest BCUT2D eigenvalue weighted by Crippen LogP contribution is -2.21. The highest BCUT2D eigenvalue weighted by Crippen LogP contribution is 2.20. The maximum absolute atomic E-state index is 12.7. The largest absolute Gasteiger partial charge is 0.455 e. The number of carbonyl (C=O) groups is 2. The predicted molar refractivity (Wildman–Crippen MR) is 83.8 cm³/mol. The Hall–Kier alpha value is -2.21. The molecule has 0 unspecified atom stereocenters. The molecule has 0 radical (unpaired) electrons. The van der Waals surface area contributed by atoms with E-state index < -0.39 is 11.9 Å². The average molecular weight is 366 g/mol. The van der Waals surface area contributed by atoms with Crippen molar-refractivity contribution in [1.29, 1.82) is 0 Å². The number of hydrogen-bond acceptors (Lipinski definition) is 3. The summed E-state index contributed by atoms with van der Waals surface area (Å²) in [5.74, 6) is -1.35. The smallest absolute Gasteiger partial charge is 0.310 e. The molecule has 4 nitrogen and oxygen atoms in total. The summed E-state index contributed by atoms with van der Waals surface area (Å²) in [6.45, 7) is -0.374. The first kappa shape index (κ1) is 16.2. The third kappa shape index (κ3) is 4.96. The van der Waals surface area contributed by atoms with Crippen LogP contribution < -0.4 is 5.32 Å². The molecule has 2 aromatic rings. The van der Waals surface area contributed by atoms with Crippen molar-refractivity contribution in [3.8, 4) is 0 Å². The van der Waals surface area contributed by atoms with Gasteiger partial charge in [-0.2, -0.15) is 0 Å². The fourth-order valence-corrected chi connectivity index (χ4v) is 2.10. The van der Waals surface area contributed by atoms with Crippen molar-refractivity contribution in [2.45, 2.75) is 6.42 Å². The quantitative estimate of drug-likeness (QED) is 0.827. The van der Waals surface area contributed by atoms with E-state index in [9.17, 15) is 14.0 Å². The minimum absolute atomic E-state index is 0.0113. The number of rotatable bonds is 5. The maximum atomic E-state index is 12.7. The van der Waals surface area contributed by atoms with Crippen molar-refractivity contribution in [1.82, 2.24) is 0 Å². The van der Waals surface area contributed by atoms with Crippen molar-refractivity contribution < 1.29 is 18.7 Å². The molecule has 2 aromatic carbocycles. The second-order valence-corrected chi connectivity index (χ2v) is 5.35. The number of ether oxygens (including phenoxy) is 1. The third-order valence-electron chi connectivity index (χ3n) is 2.77. The molecule has 22 heavy (non-hydrogen) atoms. The van der Waals surface area contributed by atoms with Crippen LogP contribution in [-0.2, 0) is 20.7 Å². The number of para-hydroxylation sites is 1. The lowest BCUT2D eigenvalue weighted by Gasteiger charge is -2.08. The predicted octanol–water partition coefficient (Wildman–Crippen LogP) is 3.31. The SMILES string of the molecule is O=C(COC(=O)Cc1ccc(F)cc1)Nc1ccccc1Br. The second-order valence-electron chi connectivity index (χ2n) is 4.49. The number of anilines is 1. The zero-order valence-electron chi connectivity index (χ0n) is 11.5. The molecule has 6 heteroatoms.